The molecule has 1 aromatic heterocycles. The van der Waals surface area contributed by atoms with E-state index in [9.17, 15) is 8.42 Å². The molecular weight excluding hydrogens is 204 g/mol. The summed E-state index contributed by atoms with van der Waals surface area (Å²) in [5.74, 6) is 0. The largest absolute Gasteiger partial charge is 0.315 e. The van der Waals surface area contributed by atoms with Crippen LogP contribution in [0.15, 0.2) is 11.5 Å². The lowest BCUT2D eigenvalue weighted by molar-refractivity contribution is 0.565. The zero-order valence-electron chi connectivity index (χ0n) is 7.84. The van der Waals surface area contributed by atoms with E-state index in [1.54, 1.807) is 7.05 Å². The lowest BCUT2D eigenvalue weighted by atomic mass is 10.4. The van der Waals surface area contributed by atoms with Crippen LogP contribution in [0.5, 0.6) is 0 Å². The van der Waals surface area contributed by atoms with E-state index in [-0.39, 0.29) is 10.4 Å². The van der Waals surface area contributed by atoms with Crippen LogP contribution < -0.4 is 5.32 Å². The summed E-state index contributed by atoms with van der Waals surface area (Å²) >= 11 is 0. The first kappa shape index (κ1) is 9.60. The molecule has 2 heterocycles. The molecule has 1 aliphatic heterocycles. The molecule has 78 valence electrons. The van der Waals surface area contributed by atoms with E-state index >= 15 is 0 Å². The molecule has 0 spiro atoms. The minimum Gasteiger partial charge on any atom is -0.315 e. The summed E-state index contributed by atoms with van der Waals surface area (Å²) in [5.41, 5.74) is 0. The molecule has 1 fully saturated rings. The molecule has 0 radical (unpaired) electrons. The molecule has 0 saturated carbocycles. The average molecular weight is 216 g/mol. The van der Waals surface area contributed by atoms with Crippen molar-refractivity contribution in [3.63, 3.8) is 0 Å². The summed E-state index contributed by atoms with van der Waals surface area (Å²) in [6.07, 6.45) is 2.05. The SMILES string of the molecule is Cn1cnnc1S(=O)(=O)[C@H]1CCNC1. The van der Waals surface area contributed by atoms with Crippen LogP contribution in [-0.4, -0.2) is 41.5 Å². The topological polar surface area (TPSA) is 76.9 Å². The van der Waals surface area contributed by atoms with E-state index in [2.05, 4.69) is 15.5 Å². The van der Waals surface area contributed by atoms with Crippen molar-refractivity contribution in [3.8, 4) is 0 Å². The second-order valence-corrected chi connectivity index (χ2v) is 5.51. The molecular formula is C7H12N4O2S. The van der Waals surface area contributed by atoms with Gasteiger partial charge in [-0.15, -0.1) is 10.2 Å². The third kappa shape index (κ3) is 1.42. The molecule has 1 aliphatic rings. The van der Waals surface area contributed by atoms with Crippen LogP contribution in [0.3, 0.4) is 0 Å². The molecule has 2 rings (SSSR count). The summed E-state index contributed by atoms with van der Waals surface area (Å²) in [6.45, 7) is 1.26. The highest BCUT2D eigenvalue weighted by molar-refractivity contribution is 7.91. The molecule has 6 nitrogen and oxygen atoms in total. The molecule has 7 heteroatoms. The monoisotopic (exact) mass is 216 g/mol. The fourth-order valence-electron chi connectivity index (χ4n) is 1.57. The summed E-state index contributed by atoms with van der Waals surface area (Å²) in [7, 11) is -1.66. The molecule has 1 atom stereocenters. The molecule has 0 bridgehead atoms. The fourth-order valence-corrected chi connectivity index (χ4v) is 3.25. The van der Waals surface area contributed by atoms with Gasteiger partial charge in [0.25, 0.3) is 0 Å². The van der Waals surface area contributed by atoms with E-state index in [1.807, 2.05) is 0 Å². The van der Waals surface area contributed by atoms with Crippen molar-refractivity contribution < 1.29 is 8.42 Å². The smallest absolute Gasteiger partial charge is 0.249 e. The van der Waals surface area contributed by atoms with Gasteiger partial charge in [0.15, 0.2) is 0 Å². The van der Waals surface area contributed by atoms with Crippen molar-refractivity contribution in [2.24, 2.45) is 7.05 Å². The van der Waals surface area contributed by atoms with E-state index in [0.29, 0.717) is 13.0 Å². The Morgan fingerprint density at radius 2 is 2.43 bits per heavy atom. The van der Waals surface area contributed by atoms with Crippen LogP contribution in [0, 0.1) is 0 Å². The Hall–Kier alpha value is -0.950. The molecule has 0 aliphatic carbocycles. The highest BCUT2D eigenvalue weighted by atomic mass is 32.2. The first-order valence-electron chi connectivity index (χ1n) is 4.41. The van der Waals surface area contributed by atoms with Crippen molar-refractivity contribution in [3.05, 3.63) is 6.33 Å². The number of aromatic nitrogens is 3. The van der Waals surface area contributed by atoms with E-state index in [0.717, 1.165) is 6.54 Å². The number of sulfone groups is 1. The van der Waals surface area contributed by atoms with Crippen molar-refractivity contribution in [1.29, 1.82) is 0 Å². The third-order valence-electron chi connectivity index (χ3n) is 2.38. The minimum absolute atomic E-state index is 0.0613. The summed E-state index contributed by atoms with van der Waals surface area (Å²) in [4.78, 5) is 0. The first-order valence-corrected chi connectivity index (χ1v) is 5.95. The van der Waals surface area contributed by atoms with E-state index in [4.69, 9.17) is 0 Å². The average Bonchev–Trinajstić information content (AvgIpc) is 2.72. The fraction of sp³-hybridized carbons (Fsp3) is 0.714. The maximum Gasteiger partial charge on any atom is 0.249 e. The molecule has 1 saturated heterocycles. The van der Waals surface area contributed by atoms with Crippen LogP contribution in [0.1, 0.15) is 6.42 Å². The van der Waals surface area contributed by atoms with Crippen LogP contribution in [0.4, 0.5) is 0 Å². The summed E-state index contributed by atoms with van der Waals surface area (Å²) in [5, 5.41) is 9.93. The van der Waals surface area contributed by atoms with Gasteiger partial charge in [-0.05, 0) is 13.0 Å². The van der Waals surface area contributed by atoms with Crippen molar-refractivity contribution in [1.82, 2.24) is 20.1 Å². The molecule has 0 unspecified atom stereocenters. The Morgan fingerprint density at radius 3 is 2.93 bits per heavy atom. The Kier molecular flexibility index (Phi) is 2.28. The van der Waals surface area contributed by atoms with Gasteiger partial charge in [0.05, 0.1) is 5.25 Å². The highest BCUT2D eigenvalue weighted by Crippen LogP contribution is 2.17. The van der Waals surface area contributed by atoms with Gasteiger partial charge in [-0.25, -0.2) is 8.42 Å². The number of hydrogen-bond acceptors (Lipinski definition) is 5. The number of aryl methyl sites for hydroxylation is 1. The van der Waals surface area contributed by atoms with Gasteiger partial charge in [-0.2, -0.15) is 0 Å². The second-order valence-electron chi connectivity index (χ2n) is 3.38. The molecule has 14 heavy (non-hydrogen) atoms. The lowest BCUT2D eigenvalue weighted by Gasteiger charge is -2.08. The zero-order valence-corrected chi connectivity index (χ0v) is 8.66. The van der Waals surface area contributed by atoms with Crippen LogP contribution >= 0.6 is 0 Å². The predicted molar refractivity (Wildman–Crippen MR) is 49.5 cm³/mol. The predicted octanol–water partition coefficient (Wildman–Crippen LogP) is -1.05. The van der Waals surface area contributed by atoms with Crippen LogP contribution in [-0.2, 0) is 16.9 Å². The molecule has 1 aromatic rings. The number of nitrogens with zero attached hydrogens (tertiary/aromatic N) is 3. The number of rotatable bonds is 2. The Balaban J connectivity index is 2.37. The van der Waals surface area contributed by atoms with Gasteiger partial charge in [-0.1, -0.05) is 0 Å². The second kappa shape index (κ2) is 3.32. The minimum atomic E-state index is -3.30. The Morgan fingerprint density at radius 1 is 1.64 bits per heavy atom. The molecule has 0 amide bonds. The first-order chi connectivity index (χ1) is 6.62. The van der Waals surface area contributed by atoms with E-state index in [1.165, 1.54) is 10.9 Å². The maximum absolute atomic E-state index is 12.0. The maximum atomic E-state index is 12.0. The number of nitrogens with one attached hydrogen (secondary N) is 1. The van der Waals surface area contributed by atoms with Crippen molar-refractivity contribution >= 4 is 9.84 Å². The highest BCUT2D eigenvalue weighted by Gasteiger charge is 2.33. The van der Waals surface area contributed by atoms with Gasteiger partial charge in [0.1, 0.15) is 6.33 Å². The lowest BCUT2D eigenvalue weighted by Crippen LogP contribution is -2.26. The molecule has 0 aromatic carbocycles. The van der Waals surface area contributed by atoms with Gasteiger partial charge >= 0.3 is 0 Å². The van der Waals surface area contributed by atoms with Gasteiger partial charge in [0, 0.05) is 13.6 Å². The zero-order chi connectivity index (χ0) is 10.2. The standard InChI is InChI=1S/C7H12N4O2S/c1-11-5-9-10-7(11)14(12,13)6-2-3-8-4-6/h5-6,8H,2-4H2,1H3/t6-/m0/s1. The summed E-state index contributed by atoms with van der Waals surface area (Å²) in [6, 6.07) is 0. The van der Waals surface area contributed by atoms with E-state index < -0.39 is 9.84 Å². The molecule has 1 N–H and O–H groups in total. The van der Waals surface area contributed by atoms with Crippen LogP contribution in [0.2, 0.25) is 0 Å². The van der Waals surface area contributed by atoms with Gasteiger partial charge in [-0.3, -0.25) is 0 Å². The Labute approximate surface area is 82.3 Å². The van der Waals surface area contributed by atoms with Crippen LogP contribution in [0.25, 0.3) is 0 Å². The van der Waals surface area contributed by atoms with Gasteiger partial charge in [0.2, 0.25) is 15.0 Å². The third-order valence-corrected chi connectivity index (χ3v) is 4.54. The quantitative estimate of drug-likeness (QED) is 0.682. The summed E-state index contributed by atoms with van der Waals surface area (Å²) < 4.78 is 25.3. The number of hydrogen-bond donors (Lipinski definition) is 1. The Bertz CT molecular complexity index is 419. The van der Waals surface area contributed by atoms with Gasteiger partial charge < -0.3 is 9.88 Å². The normalized spacial score (nSPS) is 22.8. The van der Waals surface area contributed by atoms with Crippen molar-refractivity contribution in [2.45, 2.75) is 16.8 Å². The van der Waals surface area contributed by atoms with Crippen molar-refractivity contribution in [2.75, 3.05) is 13.1 Å².